The Kier molecular flexibility index (Phi) is 8.44. The fourth-order valence-electron chi connectivity index (χ4n) is 4.06. The maximum Gasteiger partial charge on any atom is 0.107 e. The van der Waals surface area contributed by atoms with Crippen molar-refractivity contribution in [3.8, 4) is 0 Å². The number of hydrogen-bond acceptors (Lipinski definition) is 7. The van der Waals surface area contributed by atoms with Gasteiger partial charge >= 0.3 is 0 Å². The Hall–Kier alpha value is -0.215. The third kappa shape index (κ3) is 4.88. The Balaban J connectivity index is 2.74. The maximum atomic E-state index is 6.42. The van der Waals surface area contributed by atoms with Crippen LogP contribution in [0.3, 0.4) is 0 Å². The van der Waals surface area contributed by atoms with Gasteiger partial charge in [-0.3, -0.25) is 0 Å². The van der Waals surface area contributed by atoms with Gasteiger partial charge in [-0.25, -0.2) is 0 Å². The van der Waals surface area contributed by atoms with Crippen LogP contribution in [0.2, 0.25) is 5.82 Å². The third-order valence-corrected chi connectivity index (χ3v) is 6.03. The van der Waals surface area contributed by atoms with Gasteiger partial charge in [0, 0.05) is 30.2 Å². The molecule has 1 aliphatic rings. The van der Waals surface area contributed by atoms with Crippen LogP contribution in [0, 0.1) is 17.8 Å². The normalized spacial score (nSPS) is 37.1. The van der Waals surface area contributed by atoms with Gasteiger partial charge in [-0.2, -0.15) is 0 Å². The summed E-state index contributed by atoms with van der Waals surface area (Å²) in [6.45, 7) is 3.23. The molecule has 0 aromatic carbocycles. The maximum absolute atomic E-state index is 6.42. The summed E-state index contributed by atoms with van der Waals surface area (Å²) in [7, 11) is 2.13. The lowest BCUT2D eigenvalue weighted by molar-refractivity contribution is 0.151. The van der Waals surface area contributed by atoms with Crippen molar-refractivity contribution < 1.29 is 0 Å². The highest BCUT2D eigenvalue weighted by Gasteiger charge is 2.40. The van der Waals surface area contributed by atoms with Crippen molar-refractivity contribution in [3.05, 3.63) is 0 Å². The van der Waals surface area contributed by atoms with Gasteiger partial charge in [0.2, 0.25) is 0 Å². The van der Waals surface area contributed by atoms with Gasteiger partial charge in [0.25, 0.3) is 0 Å². The topological polar surface area (TPSA) is 182 Å². The van der Waals surface area contributed by atoms with E-state index in [9.17, 15) is 0 Å². The molecule has 0 aromatic rings. The summed E-state index contributed by atoms with van der Waals surface area (Å²) in [5.41, 5.74) is 43.1. The fourth-order valence-corrected chi connectivity index (χ4v) is 4.06. The predicted octanol–water partition coefficient (Wildman–Crippen LogP) is -2.99. The summed E-state index contributed by atoms with van der Waals surface area (Å²) >= 11 is 0. The van der Waals surface area contributed by atoms with Crippen LogP contribution < -0.4 is 40.1 Å². The summed E-state index contributed by atoms with van der Waals surface area (Å²) in [5, 5.41) is 0. The zero-order chi connectivity index (χ0) is 17.7. The molecule has 136 valence electrons. The van der Waals surface area contributed by atoms with Crippen molar-refractivity contribution in [3.63, 3.8) is 0 Å². The fraction of sp³-hybridized carbons (Fsp3) is 1.00. The van der Waals surface area contributed by atoms with Crippen LogP contribution >= 0.6 is 0 Å². The standard InChI is InChI=1S/C15H38BN7/c1-2-7(5-17)12(20)14(22)10(16)4-9-8(6-18)3-11(19)15(23)13(9)21/h7-15H,2-6,16-23H2,1H3. The van der Waals surface area contributed by atoms with Crippen molar-refractivity contribution in [2.75, 3.05) is 13.1 Å². The molecular weight excluding hydrogens is 289 g/mol. The first-order valence-electron chi connectivity index (χ1n) is 8.96. The molecule has 0 spiro atoms. The Morgan fingerprint density at radius 1 is 1.04 bits per heavy atom. The molecule has 0 bridgehead atoms. The van der Waals surface area contributed by atoms with E-state index in [1.54, 1.807) is 0 Å². The second kappa shape index (κ2) is 9.32. The molecule has 0 heterocycles. The molecule has 0 amide bonds. The van der Waals surface area contributed by atoms with E-state index in [0.717, 1.165) is 19.3 Å². The highest BCUT2D eigenvalue weighted by molar-refractivity contribution is 6.12. The lowest BCUT2D eigenvalue weighted by atomic mass is 9.63. The molecule has 1 rings (SSSR count). The predicted molar refractivity (Wildman–Crippen MR) is 100 cm³/mol. The van der Waals surface area contributed by atoms with Crippen molar-refractivity contribution in [1.29, 1.82) is 0 Å². The van der Waals surface area contributed by atoms with Crippen molar-refractivity contribution in [2.24, 2.45) is 57.9 Å². The molecule has 9 unspecified atom stereocenters. The zero-order valence-electron chi connectivity index (χ0n) is 14.8. The SMILES string of the molecule is BC(CC1C(CN)CC(N)C(N)C1N)C(N)C(N)C(CC)CN. The van der Waals surface area contributed by atoms with Crippen LogP contribution in [0.5, 0.6) is 0 Å². The summed E-state index contributed by atoms with van der Waals surface area (Å²) in [5.74, 6) is 1.01. The molecular formula is C15H38BN7. The molecule has 7 nitrogen and oxygen atoms in total. The van der Waals surface area contributed by atoms with Gasteiger partial charge in [0.15, 0.2) is 0 Å². The summed E-state index contributed by atoms with van der Waals surface area (Å²) in [6.07, 6.45) is 2.63. The van der Waals surface area contributed by atoms with E-state index in [1.165, 1.54) is 0 Å². The van der Waals surface area contributed by atoms with E-state index in [1.807, 2.05) is 0 Å². The third-order valence-electron chi connectivity index (χ3n) is 6.03. The van der Waals surface area contributed by atoms with E-state index in [-0.39, 0.29) is 47.9 Å². The molecule has 0 radical (unpaired) electrons. The lowest BCUT2D eigenvalue weighted by Gasteiger charge is -2.45. The van der Waals surface area contributed by atoms with E-state index in [0.29, 0.717) is 19.0 Å². The molecule has 1 aliphatic carbocycles. The second-order valence-electron chi connectivity index (χ2n) is 7.49. The monoisotopic (exact) mass is 327 g/mol. The molecule has 9 atom stereocenters. The van der Waals surface area contributed by atoms with Crippen LogP contribution in [0.4, 0.5) is 0 Å². The van der Waals surface area contributed by atoms with Gasteiger partial charge < -0.3 is 40.1 Å². The highest BCUT2D eigenvalue weighted by atomic mass is 14.9. The Bertz CT molecular complexity index is 340. The first-order chi connectivity index (χ1) is 10.8. The van der Waals surface area contributed by atoms with E-state index in [4.69, 9.17) is 40.1 Å². The lowest BCUT2D eigenvalue weighted by Crippen LogP contribution is -2.63. The molecule has 0 aliphatic heterocycles. The Morgan fingerprint density at radius 2 is 1.65 bits per heavy atom. The van der Waals surface area contributed by atoms with Crippen molar-refractivity contribution in [2.45, 2.75) is 62.2 Å². The van der Waals surface area contributed by atoms with Crippen LogP contribution in [-0.2, 0) is 0 Å². The summed E-state index contributed by atoms with van der Waals surface area (Å²) in [4.78, 5) is 0. The van der Waals surface area contributed by atoms with Gasteiger partial charge in [-0.15, -0.1) is 0 Å². The number of hydrogen-bond donors (Lipinski definition) is 7. The van der Waals surface area contributed by atoms with Crippen LogP contribution in [0.15, 0.2) is 0 Å². The molecule has 0 aromatic heterocycles. The average molecular weight is 327 g/mol. The van der Waals surface area contributed by atoms with Crippen LogP contribution in [0.25, 0.3) is 0 Å². The smallest absolute Gasteiger partial charge is 0.107 e. The zero-order valence-corrected chi connectivity index (χ0v) is 14.8. The summed E-state index contributed by atoms with van der Waals surface area (Å²) < 4.78 is 0. The minimum absolute atomic E-state index is 0.0808. The summed E-state index contributed by atoms with van der Waals surface area (Å²) in [6, 6.07) is -0.627. The van der Waals surface area contributed by atoms with Gasteiger partial charge in [0.1, 0.15) is 7.85 Å². The van der Waals surface area contributed by atoms with Crippen molar-refractivity contribution >= 4 is 7.85 Å². The van der Waals surface area contributed by atoms with Gasteiger partial charge in [-0.1, -0.05) is 25.6 Å². The molecule has 14 N–H and O–H groups in total. The second-order valence-corrected chi connectivity index (χ2v) is 7.49. The van der Waals surface area contributed by atoms with E-state index < -0.39 is 0 Å². The first kappa shape index (κ1) is 20.8. The Morgan fingerprint density at radius 3 is 2.13 bits per heavy atom. The Labute approximate surface area is 141 Å². The quantitative estimate of drug-likeness (QED) is 0.232. The largest absolute Gasteiger partial charge is 0.330 e. The first-order valence-corrected chi connectivity index (χ1v) is 8.96. The minimum atomic E-state index is -0.188. The molecule has 8 heteroatoms. The van der Waals surface area contributed by atoms with Gasteiger partial charge in [0.05, 0.1) is 0 Å². The van der Waals surface area contributed by atoms with Crippen LogP contribution in [-0.4, -0.2) is 51.1 Å². The number of nitrogens with two attached hydrogens (primary N) is 7. The van der Waals surface area contributed by atoms with Crippen molar-refractivity contribution in [1.82, 2.24) is 0 Å². The highest BCUT2D eigenvalue weighted by Crippen LogP contribution is 2.34. The van der Waals surface area contributed by atoms with E-state index >= 15 is 0 Å². The van der Waals surface area contributed by atoms with Crippen LogP contribution in [0.1, 0.15) is 26.2 Å². The van der Waals surface area contributed by atoms with E-state index in [2.05, 4.69) is 14.8 Å². The molecule has 0 saturated heterocycles. The molecule has 1 saturated carbocycles. The number of rotatable bonds is 8. The molecule has 23 heavy (non-hydrogen) atoms. The average Bonchev–Trinajstić information content (AvgIpc) is 2.55. The van der Waals surface area contributed by atoms with Gasteiger partial charge in [-0.05, 0) is 37.3 Å². The molecule has 1 fully saturated rings. The minimum Gasteiger partial charge on any atom is -0.330 e.